The molecule has 0 atom stereocenters. The summed E-state index contributed by atoms with van der Waals surface area (Å²) < 4.78 is 3.72. The Kier molecular flexibility index (Phi) is 4.61. The van der Waals surface area contributed by atoms with Gasteiger partial charge in [-0.15, -0.1) is 5.10 Å². The first-order valence-corrected chi connectivity index (χ1v) is 10.1. The van der Waals surface area contributed by atoms with Crippen molar-refractivity contribution in [1.29, 1.82) is 0 Å². The maximum atomic E-state index is 13.3. The molecule has 0 aliphatic heterocycles. The Morgan fingerprint density at radius 2 is 1.84 bits per heavy atom. The van der Waals surface area contributed by atoms with Crippen LogP contribution in [0, 0.1) is 0 Å². The molecular weight excluding hydrogens is 332 g/mol. The van der Waals surface area contributed by atoms with E-state index in [0.29, 0.717) is 12.3 Å². The fourth-order valence-electron chi connectivity index (χ4n) is 3.60. The second kappa shape index (κ2) is 7.04. The fourth-order valence-corrected chi connectivity index (χ4v) is 3.93. The highest BCUT2D eigenvalue weighted by Crippen LogP contribution is 2.21. The van der Waals surface area contributed by atoms with E-state index >= 15 is 0 Å². The minimum absolute atomic E-state index is 0.105. The number of hydrogen-bond donors (Lipinski definition) is 0. The van der Waals surface area contributed by atoms with Crippen molar-refractivity contribution in [2.45, 2.75) is 50.2 Å². The third-order valence-electron chi connectivity index (χ3n) is 4.88. The molecule has 0 saturated heterocycles. The van der Waals surface area contributed by atoms with Gasteiger partial charge in [0.05, 0.1) is 12.2 Å². The highest BCUT2D eigenvalue weighted by atomic mass is 32.2. The number of hydrogen-bond acceptors (Lipinski definition) is 4. The first kappa shape index (κ1) is 16.4. The summed E-state index contributed by atoms with van der Waals surface area (Å²) in [6.45, 7) is 0.531. The SMILES string of the molecule is CSc1nc2n(Cc3ccccc3)c(=O)c3c(n2n1)CCCCCC3. The van der Waals surface area contributed by atoms with Crippen LogP contribution in [0.15, 0.2) is 40.3 Å². The molecule has 1 aliphatic carbocycles. The van der Waals surface area contributed by atoms with Gasteiger partial charge in [-0.2, -0.15) is 4.98 Å². The smallest absolute Gasteiger partial charge is 0.258 e. The molecule has 6 heteroatoms. The molecule has 0 fully saturated rings. The summed E-state index contributed by atoms with van der Waals surface area (Å²) in [5.74, 6) is 0.664. The number of thioether (sulfide) groups is 1. The third kappa shape index (κ3) is 3.11. The van der Waals surface area contributed by atoms with Crippen LogP contribution in [0.5, 0.6) is 0 Å². The zero-order valence-corrected chi connectivity index (χ0v) is 15.3. The molecule has 1 aliphatic rings. The van der Waals surface area contributed by atoms with E-state index in [-0.39, 0.29) is 5.56 Å². The number of rotatable bonds is 3. The number of fused-ring (bicyclic) bond motifs is 3. The molecule has 4 rings (SSSR count). The van der Waals surface area contributed by atoms with Crippen LogP contribution in [0.4, 0.5) is 0 Å². The second-order valence-corrected chi connectivity index (χ2v) is 7.30. The highest BCUT2D eigenvalue weighted by molar-refractivity contribution is 7.98. The monoisotopic (exact) mass is 354 g/mol. The first-order chi connectivity index (χ1) is 12.3. The molecule has 25 heavy (non-hydrogen) atoms. The average molecular weight is 354 g/mol. The van der Waals surface area contributed by atoms with Gasteiger partial charge in [0.15, 0.2) is 0 Å². The van der Waals surface area contributed by atoms with E-state index in [1.54, 1.807) is 4.57 Å². The van der Waals surface area contributed by atoms with E-state index in [1.165, 1.54) is 24.6 Å². The van der Waals surface area contributed by atoms with Gasteiger partial charge in [0.1, 0.15) is 0 Å². The van der Waals surface area contributed by atoms with Gasteiger partial charge in [0.25, 0.3) is 5.56 Å². The lowest BCUT2D eigenvalue weighted by Gasteiger charge is -2.17. The van der Waals surface area contributed by atoms with Crippen LogP contribution in [0.2, 0.25) is 0 Å². The van der Waals surface area contributed by atoms with Gasteiger partial charge in [-0.25, -0.2) is 4.52 Å². The lowest BCUT2D eigenvalue weighted by Crippen LogP contribution is -2.30. The lowest BCUT2D eigenvalue weighted by atomic mass is 9.98. The van der Waals surface area contributed by atoms with E-state index in [2.05, 4.69) is 10.1 Å². The van der Waals surface area contributed by atoms with Crippen molar-refractivity contribution in [2.75, 3.05) is 6.26 Å². The standard InChI is InChI=1S/C19H22N4OS/c1-25-18-20-19-22(13-14-9-5-4-6-10-14)17(24)15-11-7-2-3-8-12-16(15)23(19)21-18/h4-6,9-10H,2-3,7-8,11-13H2,1H3. The quantitative estimate of drug-likeness (QED) is 0.677. The Balaban J connectivity index is 1.94. The topological polar surface area (TPSA) is 52.2 Å². The van der Waals surface area contributed by atoms with Crippen LogP contribution >= 0.6 is 11.8 Å². The highest BCUT2D eigenvalue weighted by Gasteiger charge is 2.21. The molecule has 5 nitrogen and oxygen atoms in total. The molecule has 0 amide bonds. The Morgan fingerprint density at radius 1 is 1.08 bits per heavy atom. The van der Waals surface area contributed by atoms with Crippen molar-refractivity contribution in [2.24, 2.45) is 0 Å². The molecule has 2 heterocycles. The van der Waals surface area contributed by atoms with E-state index in [1.807, 2.05) is 41.1 Å². The third-order valence-corrected chi connectivity index (χ3v) is 5.41. The molecular formula is C19H22N4OS. The van der Waals surface area contributed by atoms with Gasteiger partial charge >= 0.3 is 0 Å². The molecule has 0 saturated carbocycles. The van der Waals surface area contributed by atoms with Gasteiger partial charge < -0.3 is 0 Å². The lowest BCUT2D eigenvalue weighted by molar-refractivity contribution is 0.580. The summed E-state index contributed by atoms with van der Waals surface area (Å²) in [6, 6.07) is 10.1. The maximum Gasteiger partial charge on any atom is 0.258 e. The second-order valence-electron chi connectivity index (χ2n) is 6.53. The van der Waals surface area contributed by atoms with Crippen LogP contribution in [0.25, 0.3) is 5.78 Å². The fraction of sp³-hybridized carbons (Fsp3) is 0.421. The summed E-state index contributed by atoms with van der Waals surface area (Å²) in [5, 5.41) is 5.39. The van der Waals surface area contributed by atoms with Crippen molar-refractivity contribution >= 4 is 17.5 Å². The molecule has 0 N–H and O–H groups in total. The summed E-state index contributed by atoms with van der Waals surface area (Å²) in [6.07, 6.45) is 8.32. The Labute approximate surface area is 151 Å². The molecule has 2 aromatic heterocycles. The summed E-state index contributed by atoms with van der Waals surface area (Å²) >= 11 is 1.52. The number of benzene rings is 1. The zero-order valence-electron chi connectivity index (χ0n) is 14.4. The van der Waals surface area contributed by atoms with E-state index in [4.69, 9.17) is 0 Å². The predicted molar refractivity (Wildman–Crippen MR) is 100 cm³/mol. The minimum atomic E-state index is 0.105. The average Bonchev–Trinajstić information content (AvgIpc) is 3.04. The Morgan fingerprint density at radius 3 is 2.60 bits per heavy atom. The van der Waals surface area contributed by atoms with Crippen LogP contribution < -0.4 is 5.56 Å². The van der Waals surface area contributed by atoms with E-state index < -0.39 is 0 Å². The summed E-state index contributed by atoms with van der Waals surface area (Å²) in [5.41, 5.74) is 3.21. The number of aromatic nitrogens is 4. The molecule has 0 spiro atoms. The van der Waals surface area contributed by atoms with Gasteiger partial charge in [0, 0.05) is 5.56 Å². The molecule has 1 aromatic carbocycles. The molecule has 130 valence electrons. The summed E-state index contributed by atoms with van der Waals surface area (Å²) in [7, 11) is 0. The minimum Gasteiger partial charge on any atom is -0.272 e. The van der Waals surface area contributed by atoms with Crippen LogP contribution in [-0.2, 0) is 19.4 Å². The largest absolute Gasteiger partial charge is 0.272 e. The van der Waals surface area contributed by atoms with Gasteiger partial charge in [0.2, 0.25) is 10.9 Å². The van der Waals surface area contributed by atoms with Crippen molar-refractivity contribution in [3.8, 4) is 0 Å². The molecule has 3 aromatic rings. The molecule has 0 radical (unpaired) electrons. The van der Waals surface area contributed by atoms with Crippen LogP contribution in [0.1, 0.15) is 42.5 Å². The Hall–Kier alpha value is -2.08. The van der Waals surface area contributed by atoms with Gasteiger partial charge in [-0.05, 0) is 37.5 Å². The maximum absolute atomic E-state index is 13.3. The van der Waals surface area contributed by atoms with Crippen LogP contribution in [-0.4, -0.2) is 25.4 Å². The Bertz CT molecular complexity index is 945. The van der Waals surface area contributed by atoms with Crippen molar-refractivity contribution in [1.82, 2.24) is 19.2 Å². The van der Waals surface area contributed by atoms with Crippen molar-refractivity contribution < 1.29 is 0 Å². The zero-order chi connectivity index (χ0) is 17.2. The predicted octanol–water partition coefficient (Wildman–Crippen LogP) is 3.32. The molecule has 0 unspecified atom stereocenters. The van der Waals surface area contributed by atoms with Gasteiger partial charge in [-0.3, -0.25) is 9.36 Å². The number of aryl methyl sites for hydroxylation is 1. The van der Waals surface area contributed by atoms with Gasteiger partial charge in [-0.1, -0.05) is 54.9 Å². The molecule has 0 bridgehead atoms. The van der Waals surface area contributed by atoms with E-state index in [9.17, 15) is 4.79 Å². The summed E-state index contributed by atoms with van der Waals surface area (Å²) in [4.78, 5) is 17.9. The number of nitrogens with zero attached hydrogens (tertiary/aromatic N) is 4. The first-order valence-electron chi connectivity index (χ1n) is 8.87. The normalized spacial score (nSPS) is 14.9. The van der Waals surface area contributed by atoms with E-state index in [0.717, 1.165) is 47.7 Å². The van der Waals surface area contributed by atoms with Crippen molar-refractivity contribution in [3.05, 3.63) is 57.5 Å². The van der Waals surface area contributed by atoms with Crippen LogP contribution in [0.3, 0.4) is 0 Å². The van der Waals surface area contributed by atoms with Crippen molar-refractivity contribution in [3.63, 3.8) is 0 Å².